The molecule has 0 aliphatic heterocycles. The third kappa shape index (κ3) is 13.5. The van der Waals surface area contributed by atoms with Gasteiger partial charge in [0.2, 0.25) is 0 Å². The van der Waals surface area contributed by atoms with E-state index in [2.05, 4.69) is 97.9 Å². The molecule has 0 amide bonds. The quantitative estimate of drug-likeness (QED) is 0.0966. The first-order valence-electron chi connectivity index (χ1n) is 15.6. The Morgan fingerprint density at radius 3 is 1.28 bits per heavy atom. The monoisotopic (exact) mass is 639 g/mol. The van der Waals surface area contributed by atoms with Crippen molar-refractivity contribution in [2.75, 3.05) is 0 Å². The maximum atomic E-state index is 7.49. The zero-order chi connectivity index (χ0) is 26.7. The number of benzene rings is 3. The van der Waals surface area contributed by atoms with Gasteiger partial charge in [0, 0.05) is 5.54 Å². The Morgan fingerprint density at radius 1 is 0.513 bits per heavy atom. The molecule has 3 rings (SSSR count). The Bertz CT molecular complexity index is 915. The van der Waals surface area contributed by atoms with E-state index in [0.29, 0.717) is 5.92 Å². The zero-order valence-electron chi connectivity index (χ0n) is 24.5. The minimum absolute atomic E-state index is 0. The average Bonchev–Trinajstić information content (AvgIpc) is 2.94. The van der Waals surface area contributed by atoms with Gasteiger partial charge < -0.3 is 5.73 Å². The summed E-state index contributed by atoms with van der Waals surface area (Å²) in [6, 6.07) is 32.8. The van der Waals surface area contributed by atoms with Gasteiger partial charge in [-0.15, -0.1) is 24.0 Å². The minimum atomic E-state index is -0.281. The van der Waals surface area contributed by atoms with Gasteiger partial charge in [-0.2, -0.15) is 0 Å². The van der Waals surface area contributed by atoms with Crippen molar-refractivity contribution in [3.05, 3.63) is 108 Å². The molecule has 1 atom stereocenters. The molecule has 0 spiro atoms. The molecule has 1 unspecified atom stereocenters. The second-order valence-electron chi connectivity index (χ2n) is 11.6. The van der Waals surface area contributed by atoms with E-state index in [1.165, 1.54) is 100 Å². The minimum Gasteiger partial charge on any atom is -0.324 e. The van der Waals surface area contributed by atoms with Crippen molar-refractivity contribution in [1.82, 2.24) is 0 Å². The van der Waals surface area contributed by atoms with Crippen molar-refractivity contribution >= 4 is 24.0 Å². The summed E-state index contributed by atoms with van der Waals surface area (Å²) in [6.07, 6.45) is 20.7. The predicted octanol–water partition coefficient (Wildman–Crippen LogP) is 10.7. The normalized spacial score (nSPS) is 12.2. The zero-order valence-corrected chi connectivity index (χ0v) is 26.9. The van der Waals surface area contributed by atoms with Gasteiger partial charge in [0.1, 0.15) is 0 Å². The van der Waals surface area contributed by atoms with Crippen molar-refractivity contribution in [2.45, 2.75) is 115 Å². The smallest absolute Gasteiger partial charge is 0.0267 e. The highest BCUT2D eigenvalue weighted by Gasteiger charge is 2.35. The molecular formula is C37H54IN. The molecule has 1 nitrogen and oxygen atoms in total. The van der Waals surface area contributed by atoms with Crippen LogP contribution in [0.3, 0.4) is 0 Å². The molecule has 0 aromatic heterocycles. The van der Waals surface area contributed by atoms with E-state index < -0.39 is 0 Å². The SMILES string of the molecule is CCCCCCCCCCCCCCC(Cc1ccccc1)C(N)(Cc1ccccc1)Cc1ccccc1.I. The van der Waals surface area contributed by atoms with Crippen LogP contribution in [0, 0.1) is 5.92 Å². The van der Waals surface area contributed by atoms with E-state index in [-0.39, 0.29) is 29.5 Å². The van der Waals surface area contributed by atoms with Crippen molar-refractivity contribution in [1.29, 1.82) is 0 Å². The fourth-order valence-electron chi connectivity index (χ4n) is 6.03. The molecular weight excluding hydrogens is 585 g/mol. The average molecular weight is 640 g/mol. The van der Waals surface area contributed by atoms with E-state index in [9.17, 15) is 0 Å². The van der Waals surface area contributed by atoms with Crippen LogP contribution in [0.5, 0.6) is 0 Å². The highest BCUT2D eigenvalue weighted by atomic mass is 127. The Labute approximate surface area is 257 Å². The van der Waals surface area contributed by atoms with Crippen LogP contribution in [0.1, 0.15) is 107 Å². The van der Waals surface area contributed by atoms with Gasteiger partial charge in [-0.05, 0) is 48.3 Å². The molecule has 214 valence electrons. The standard InChI is InChI=1S/C37H53N.HI/c1-2-3-4-5-6-7-8-9-10-11-12-22-29-36(30-33-23-16-13-17-24-33)37(38,31-34-25-18-14-19-26-34)32-35-27-20-15-21-28-35;/h13-21,23-28,36H,2-12,22,29-32,38H2,1H3;1H. The second kappa shape index (κ2) is 20.3. The van der Waals surface area contributed by atoms with Gasteiger partial charge in [0.25, 0.3) is 0 Å². The third-order valence-electron chi connectivity index (χ3n) is 8.30. The van der Waals surface area contributed by atoms with Crippen LogP contribution in [-0.2, 0) is 19.3 Å². The lowest BCUT2D eigenvalue weighted by Crippen LogP contribution is -2.52. The molecule has 0 aliphatic rings. The Balaban J connectivity index is 0.00000533. The van der Waals surface area contributed by atoms with Gasteiger partial charge in [-0.1, -0.05) is 175 Å². The Morgan fingerprint density at radius 2 is 0.872 bits per heavy atom. The molecule has 2 heteroatoms. The van der Waals surface area contributed by atoms with Gasteiger partial charge in [0.15, 0.2) is 0 Å². The van der Waals surface area contributed by atoms with Gasteiger partial charge >= 0.3 is 0 Å². The number of hydrogen-bond acceptors (Lipinski definition) is 1. The molecule has 0 saturated carbocycles. The molecule has 0 fully saturated rings. The first-order chi connectivity index (χ1) is 18.7. The number of rotatable bonds is 20. The van der Waals surface area contributed by atoms with Gasteiger partial charge in [0.05, 0.1) is 0 Å². The topological polar surface area (TPSA) is 26.0 Å². The van der Waals surface area contributed by atoms with Crippen molar-refractivity contribution in [3.63, 3.8) is 0 Å². The molecule has 0 bridgehead atoms. The lowest BCUT2D eigenvalue weighted by molar-refractivity contribution is 0.241. The fraction of sp³-hybridized carbons (Fsp3) is 0.514. The number of halogens is 1. The van der Waals surface area contributed by atoms with E-state index in [4.69, 9.17) is 5.73 Å². The lowest BCUT2D eigenvalue weighted by atomic mass is 9.71. The summed E-state index contributed by atoms with van der Waals surface area (Å²) in [5.74, 6) is 0.438. The van der Waals surface area contributed by atoms with Crippen molar-refractivity contribution < 1.29 is 0 Å². The van der Waals surface area contributed by atoms with E-state index >= 15 is 0 Å². The fourth-order valence-corrected chi connectivity index (χ4v) is 6.03. The Hall–Kier alpha value is -1.65. The summed E-state index contributed by atoms with van der Waals surface area (Å²) in [5, 5.41) is 0. The molecule has 3 aromatic rings. The van der Waals surface area contributed by atoms with Gasteiger partial charge in [-0.3, -0.25) is 0 Å². The largest absolute Gasteiger partial charge is 0.324 e. The van der Waals surface area contributed by atoms with Crippen LogP contribution < -0.4 is 5.73 Å². The van der Waals surface area contributed by atoms with Crippen LogP contribution in [-0.4, -0.2) is 5.54 Å². The number of hydrogen-bond donors (Lipinski definition) is 1. The van der Waals surface area contributed by atoms with E-state index in [0.717, 1.165) is 19.3 Å². The summed E-state index contributed by atoms with van der Waals surface area (Å²) in [5.41, 5.74) is 11.3. The predicted molar refractivity (Wildman–Crippen MR) is 182 cm³/mol. The van der Waals surface area contributed by atoms with Crippen LogP contribution in [0.4, 0.5) is 0 Å². The summed E-state index contributed by atoms with van der Waals surface area (Å²) < 4.78 is 0. The first-order valence-corrected chi connectivity index (χ1v) is 15.6. The molecule has 3 aromatic carbocycles. The maximum absolute atomic E-state index is 7.49. The van der Waals surface area contributed by atoms with Crippen LogP contribution in [0.15, 0.2) is 91.0 Å². The summed E-state index contributed by atoms with van der Waals surface area (Å²) >= 11 is 0. The van der Waals surface area contributed by atoms with E-state index in [1.807, 2.05) is 0 Å². The van der Waals surface area contributed by atoms with Crippen LogP contribution >= 0.6 is 24.0 Å². The lowest BCUT2D eigenvalue weighted by Gasteiger charge is -2.39. The second-order valence-corrected chi connectivity index (χ2v) is 11.6. The molecule has 0 aliphatic carbocycles. The number of unbranched alkanes of at least 4 members (excludes halogenated alkanes) is 11. The molecule has 0 saturated heterocycles. The summed E-state index contributed by atoms with van der Waals surface area (Å²) in [6.45, 7) is 2.30. The van der Waals surface area contributed by atoms with E-state index in [1.54, 1.807) is 0 Å². The highest BCUT2D eigenvalue weighted by Crippen LogP contribution is 2.32. The third-order valence-corrected chi connectivity index (χ3v) is 8.30. The van der Waals surface area contributed by atoms with Gasteiger partial charge in [-0.25, -0.2) is 0 Å². The molecule has 2 N–H and O–H groups in total. The summed E-state index contributed by atoms with van der Waals surface area (Å²) in [4.78, 5) is 0. The van der Waals surface area contributed by atoms with Crippen molar-refractivity contribution in [2.24, 2.45) is 11.7 Å². The Kier molecular flexibility index (Phi) is 17.4. The molecule has 0 heterocycles. The van der Waals surface area contributed by atoms with Crippen molar-refractivity contribution in [3.8, 4) is 0 Å². The number of nitrogens with two attached hydrogens (primary N) is 1. The van der Waals surface area contributed by atoms with Crippen LogP contribution in [0.2, 0.25) is 0 Å². The molecule has 0 radical (unpaired) electrons. The molecule has 39 heavy (non-hydrogen) atoms. The first kappa shape index (κ1) is 33.6. The maximum Gasteiger partial charge on any atom is 0.0267 e. The highest BCUT2D eigenvalue weighted by molar-refractivity contribution is 14.0. The summed E-state index contributed by atoms with van der Waals surface area (Å²) in [7, 11) is 0. The van der Waals surface area contributed by atoms with Crippen LogP contribution in [0.25, 0.3) is 0 Å².